The predicted molar refractivity (Wildman–Crippen MR) is 77.2 cm³/mol. The molecule has 2 rings (SSSR count). The van der Waals surface area contributed by atoms with Crippen molar-refractivity contribution in [3.8, 4) is 0 Å². The highest BCUT2D eigenvalue weighted by Crippen LogP contribution is 2.24. The van der Waals surface area contributed by atoms with Gasteiger partial charge in [-0.2, -0.15) is 0 Å². The molecule has 0 heterocycles. The van der Waals surface area contributed by atoms with Crippen LogP contribution in [0.25, 0.3) is 0 Å². The van der Waals surface area contributed by atoms with Gasteiger partial charge in [-0.05, 0) is 48.4 Å². The Balaban J connectivity index is 0.00000162. The Morgan fingerprint density at radius 2 is 1.94 bits per heavy atom. The highest BCUT2D eigenvalue weighted by molar-refractivity contribution is 5.94. The molecule has 0 aliphatic heterocycles. The van der Waals surface area contributed by atoms with E-state index in [4.69, 9.17) is 5.73 Å². The number of hydrogen-bond donors (Lipinski definition) is 2. The highest BCUT2D eigenvalue weighted by Gasteiger charge is 2.18. The van der Waals surface area contributed by atoms with Crippen molar-refractivity contribution in [2.24, 2.45) is 11.7 Å². The molecule has 0 radical (unpaired) electrons. The zero-order valence-corrected chi connectivity index (χ0v) is 11.7. The summed E-state index contributed by atoms with van der Waals surface area (Å²) in [5.74, 6) is 0.0578. The average molecular weight is 269 g/mol. The predicted octanol–water partition coefficient (Wildman–Crippen LogP) is 2.52. The van der Waals surface area contributed by atoms with Crippen LogP contribution in [0.3, 0.4) is 0 Å². The minimum atomic E-state index is -0.441. The Kier molecular flexibility index (Phi) is 5.17. The van der Waals surface area contributed by atoms with Gasteiger partial charge in [0.15, 0.2) is 0 Å². The second-order valence-corrected chi connectivity index (χ2v) is 5.10. The van der Waals surface area contributed by atoms with E-state index in [1.165, 1.54) is 17.5 Å². The number of fused-ring (bicyclic) bond motifs is 1. The standard InChI is InChI=1S/C14H20N2O.ClH/c1-9(2)13(15)14(17)16-12-7-6-10-4-3-5-11(10)8-12;/h6-9,13H,3-5,15H2,1-2H3,(H,16,17);1H/t13-;/m1./s1. The first kappa shape index (κ1) is 15.0. The number of amides is 1. The zero-order valence-electron chi connectivity index (χ0n) is 10.9. The highest BCUT2D eigenvalue weighted by atomic mass is 35.5. The van der Waals surface area contributed by atoms with Crippen LogP contribution in [-0.4, -0.2) is 11.9 Å². The fourth-order valence-corrected chi connectivity index (χ4v) is 2.18. The monoisotopic (exact) mass is 268 g/mol. The van der Waals surface area contributed by atoms with E-state index in [-0.39, 0.29) is 24.2 Å². The molecule has 0 fully saturated rings. The molecule has 4 heteroatoms. The molecule has 0 aromatic heterocycles. The van der Waals surface area contributed by atoms with Crippen LogP contribution in [0, 0.1) is 5.92 Å². The van der Waals surface area contributed by atoms with Gasteiger partial charge in [-0.25, -0.2) is 0 Å². The normalized spacial score (nSPS) is 14.9. The van der Waals surface area contributed by atoms with E-state index >= 15 is 0 Å². The summed E-state index contributed by atoms with van der Waals surface area (Å²) in [5.41, 5.74) is 9.45. The maximum absolute atomic E-state index is 11.8. The van der Waals surface area contributed by atoms with Crippen molar-refractivity contribution in [1.29, 1.82) is 0 Å². The lowest BCUT2D eigenvalue weighted by Crippen LogP contribution is -2.39. The van der Waals surface area contributed by atoms with Crippen molar-refractivity contribution in [2.75, 3.05) is 5.32 Å². The van der Waals surface area contributed by atoms with Gasteiger partial charge < -0.3 is 11.1 Å². The number of carbonyl (C=O) groups excluding carboxylic acids is 1. The van der Waals surface area contributed by atoms with Crippen molar-refractivity contribution < 1.29 is 4.79 Å². The van der Waals surface area contributed by atoms with E-state index in [1.54, 1.807) is 0 Å². The fraction of sp³-hybridized carbons (Fsp3) is 0.500. The van der Waals surface area contributed by atoms with Gasteiger partial charge in [0.25, 0.3) is 0 Å². The number of benzene rings is 1. The third-order valence-corrected chi connectivity index (χ3v) is 3.39. The summed E-state index contributed by atoms with van der Waals surface area (Å²) < 4.78 is 0. The second-order valence-electron chi connectivity index (χ2n) is 5.10. The van der Waals surface area contributed by atoms with Crippen molar-refractivity contribution in [2.45, 2.75) is 39.2 Å². The molecule has 1 aromatic carbocycles. The molecule has 18 heavy (non-hydrogen) atoms. The maximum atomic E-state index is 11.8. The first-order valence-corrected chi connectivity index (χ1v) is 6.26. The number of hydrogen-bond acceptors (Lipinski definition) is 2. The van der Waals surface area contributed by atoms with Gasteiger partial charge in [-0.1, -0.05) is 19.9 Å². The summed E-state index contributed by atoms with van der Waals surface area (Å²) in [6.45, 7) is 3.90. The maximum Gasteiger partial charge on any atom is 0.241 e. The van der Waals surface area contributed by atoms with E-state index in [1.807, 2.05) is 19.9 Å². The lowest BCUT2D eigenvalue weighted by atomic mass is 10.0. The van der Waals surface area contributed by atoms with Crippen LogP contribution in [0.15, 0.2) is 18.2 Å². The lowest BCUT2D eigenvalue weighted by Gasteiger charge is -2.15. The number of rotatable bonds is 3. The van der Waals surface area contributed by atoms with Gasteiger partial charge in [0.2, 0.25) is 5.91 Å². The number of nitrogens with two attached hydrogens (primary N) is 1. The van der Waals surface area contributed by atoms with Crippen molar-refractivity contribution in [3.63, 3.8) is 0 Å². The SMILES string of the molecule is CC(C)[C@@H](N)C(=O)Nc1ccc2c(c1)CCC2.Cl. The smallest absolute Gasteiger partial charge is 0.241 e. The van der Waals surface area contributed by atoms with Crippen LogP contribution in [-0.2, 0) is 17.6 Å². The summed E-state index contributed by atoms with van der Waals surface area (Å²) in [6.07, 6.45) is 3.50. The molecular weight excluding hydrogens is 248 g/mol. The van der Waals surface area contributed by atoms with Gasteiger partial charge in [0.05, 0.1) is 6.04 Å². The average Bonchev–Trinajstić information content (AvgIpc) is 2.74. The van der Waals surface area contributed by atoms with E-state index < -0.39 is 6.04 Å². The molecule has 1 atom stereocenters. The van der Waals surface area contributed by atoms with E-state index in [0.717, 1.165) is 18.5 Å². The molecule has 1 aliphatic rings. The van der Waals surface area contributed by atoms with Gasteiger partial charge in [0, 0.05) is 5.69 Å². The first-order chi connectivity index (χ1) is 8.08. The molecule has 3 nitrogen and oxygen atoms in total. The van der Waals surface area contributed by atoms with Crippen LogP contribution in [0.2, 0.25) is 0 Å². The minimum absolute atomic E-state index is 0. The molecule has 1 aliphatic carbocycles. The van der Waals surface area contributed by atoms with Crippen LogP contribution in [0.4, 0.5) is 5.69 Å². The van der Waals surface area contributed by atoms with Gasteiger partial charge >= 0.3 is 0 Å². The Bertz CT molecular complexity index is 432. The summed E-state index contributed by atoms with van der Waals surface area (Å²) in [6, 6.07) is 5.71. The molecular formula is C14H21ClN2O. The minimum Gasteiger partial charge on any atom is -0.325 e. The molecule has 0 bridgehead atoms. The number of aryl methyl sites for hydroxylation is 2. The molecule has 3 N–H and O–H groups in total. The van der Waals surface area contributed by atoms with E-state index in [0.29, 0.717) is 0 Å². The topological polar surface area (TPSA) is 55.1 Å². The summed E-state index contributed by atoms with van der Waals surface area (Å²) >= 11 is 0. The molecule has 0 saturated heterocycles. The molecule has 0 unspecified atom stereocenters. The van der Waals surface area contributed by atoms with Crippen LogP contribution in [0.1, 0.15) is 31.4 Å². The first-order valence-electron chi connectivity index (χ1n) is 6.26. The fourth-order valence-electron chi connectivity index (χ4n) is 2.18. The summed E-state index contributed by atoms with van der Waals surface area (Å²) in [4.78, 5) is 11.8. The van der Waals surface area contributed by atoms with Crippen molar-refractivity contribution >= 4 is 24.0 Å². The quantitative estimate of drug-likeness (QED) is 0.885. The Hall–Kier alpha value is -1.06. The lowest BCUT2D eigenvalue weighted by molar-refractivity contribution is -0.118. The number of carbonyl (C=O) groups is 1. The Morgan fingerprint density at radius 3 is 2.61 bits per heavy atom. The molecule has 100 valence electrons. The Morgan fingerprint density at radius 1 is 1.28 bits per heavy atom. The van der Waals surface area contributed by atoms with Crippen molar-refractivity contribution in [3.05, 3.63) is 29.3 Å². The Labute approximate surface area is 115 Å². The number of halogens is 1. The summed E-state index contributed by atoms with van der Waals surface area (Å²) in [5, 5.41) is 2.89. The largest absolute Gasteiger partial charge is 0.325 e. The van der Waals surface area contributed by atoms with Gasteiger partial charge in [-0.15, -0.1) is 12.4 Å². The van der Waals surface area contributed by atoms with Crippen LogP contribution in [0.5, 0.6) is 0 Å². The van der Waals surface area contributed by atoms with Crippen LogP contribution < -0.4 is 11.1 Å². The van der Waals surface area contributed by atoms with Gasteiger partial charge in [0.1, 0.15) is 0 Å². The van der Waals surface area contributed by atoms with E-state index in [2.05, 4.69) is 17.4 Å². The number of nitrogens with one attached hydrogen (secondary N) is 1. The van der Waals surface area contributed by atoms with Crippen LogP contribution >= 0.6 is 12.4 Å². The molecule has 0 spiro atoms. The van der Waals surface area contributed by atoms with E-state index in [9.17, 15) is 4.79 Å². The third kappa shape index (κ3) is 3.24. The van der Waals surface area contributed by atoms with Gasteiger partial charge in [-0.3, -0.25) is 4.79 Å². The summed E-state index contributed by atoms with van der Waals surface area (Å²) in [7, 11) is 0. The second kappa shape index (κ2) is 6.21. The molecule has 1 amide bonds. The third-order valence-electron chi connectivity index (χ3n) is 3.39. The van der Waals surface area contributed by atoms with Crippen molar-refractivity contribution in [1.82, 2.24) is 0 Å². The zero-order chi connectivity index (χ0) is 12.4. The molecule has 1 aromatic rings. The molecule has 0 saturated carbocycles. The number of anilines is 1.